The van der Waals surface area contributed by atoms with Gasteiger partial charge in [0.15, 0.2) is 0 Å². The van der Waals surface area contributed by atoms with E-state index in [1.807, 2.05) is 0 Å². The number of carbonyl (C=O) groups is 1. The largest absolute Gasteiger partial charge is 0.496 e. The maximum absolute atomic E-state index is 13.0. The topological polar surface area (TPSA) is 35.5 Å². The normalized spacial score (nSPS) is 12.8. The number of alkyl halides is 3. The lowest BCUT2D eigenvalue weighted by atomic mass is 10.3. The van der Waals surface area contributed by atoms with Crippen LogP contribution in [0.1, 0.15) is 13.3 Å². The minimum Gasteiger partial charge on any atom is -0.496 e. The lowest BCUT2D eigenvalue weighted by Gasteiger charge is -2.20. The highest BCUT2D eigenvalue weighted by Crippen LogP contribution is 2.40. The quantitative estimate of drug-likeness (QED) is 0.593. The molecule has 0 radical (unpaired) electrons. The number of methoxy groups -OCH3 is 1. The van der Waals surface area contributed by atoms with E-state index in [-0.39, 0.29) is 6.61 Å². The molecule has 112 valence electrons. The molecule has 0 unspecified atom stereocenters. The lowest BCUT2D eigenvalue weighted by Crippen LogP contribution is -2.29. The smallest absolute Gasteiger partial charge is 0.401 e. The molecule has 0 saturated heterocycles. The summed E-state index contributed by atoms with van der Waals surface area (Å²) in [6, 6.07) is 6.37. The molecule has 0 fully saturated rings. The number of thioether (sulfide) groups is 1. The summed E-state index contributed by atoms with van der Waals surface area (Å²) < 4.78 is 48.5. The highest BCUT2D eigenvalue weighted by molar-refractivity contribution is 8.00. The molecule has 0 aliphatic carbocycles. The Kier molecular flexibility index (Phi) is 6.19. The summed E-state index contributed by atoms with van der Waals surface area (Å²) >= 11 is 0.550. The third kappa shape index (κ3) is 4.96. The van der Waals surface area contributed by atoms with E-state index in [9.17, 15) is 18.0 Å². The molecule has 0 N–H and O–H groups in total. The monoisotopic (exact) mass is 308 g/mol. The van der Waals surface area contributed by atoms with Gasteiger partial charge in [-0.2, -0.15) is 13.2 Å². The highest BCUT2D eigenvalue weighted by atomic mass is 32.2. The summed E-state index contributed by atoms with van der Waals surface area (Å²) in [6.07, 6.45) is -5.22. The van der Waals surface area contributed by atoms with Crippen LogP contribution in [0.3, 0.4) is 0 Å². The predicted octanol–water partition coefficient (Wildman–Crippen LogP) is 3.67. The van der Waals surface area contributed by atoms with Crippen molar-refractivity contribution < 1.29 is 27.4 Å². The summed E-state index contributed by atoms with van der Waals surface area (Å²) in [5.41, 5.74) is 0. The van der Waals surface area contributed by atoms with E-state index in [0.717, 1.165) is 0 Å². The minimum absolute atomic E-state index is 0.0583. The van der Waals surface area contributed by atoms with Gasteiger partial charge < -0.3 is 9.47 Å². The van der Waals surface area contributed by atoms with Crippen molar-refractivity contribution in [2.45, 2.75) is 29.7 Å². The van der Waals surface area contributed by atoms with Gasteiger partial charge in [-0.25, -0.2) is 0 Å². The van der Waals surface area contributed by atoms with Gasteiger partial charge in [0, 0.05) is 4.90 Å². The summed E-state index contributed by atoms with van der Waals surface area (Å²) in [4.78, 5) is 11.6. The van der Waals surface area contributed by atoms with Crippen LogP contribution in [0.15, 0.2) is 29.2 Å². The van der Waals surface area contributed by atoms with E-state index in [1.165, 1.54) is 13.2 Å². The van der Waals surface area contributed by atoms with Crippen molar-refractivity contribution in [1.29, 1.82) is 0 Å². The van der Waals surface area contributed by atoms with Crippen molar-refractivity contribution in [2.24, 2.45) is 0 Å². The second-order valence-electron chi connectivity index (χ2n) is 3.81. The molecular weight excluding hydrogens is 293 g/mol. The van der Waals surface area contributed by atoms with Gasteiger partial charge in [0.05, 0.1) is 20.1 Å². The van der Waals surface area contributed by atoms with Crippen molar-refractivity contribution in [3.8, 4) is 5.75 Å². The van der Waals surface area contributed by atoms with Crippen LogP contribution in [0, 0.1) is 0 Å². The maximum Gasteiger partial charge on any atom is 0.401 e. The fourth-order valence-electron chi connectivity index (χ4n) is 1.46. The number of para-hydroxylation sites is 1. The number of hydrogen-bond acceptors (Lipinski definition) is 4. The van der Waals surface area contributed by atoms with Crippen molar-refractivity contribution in [3.63, 3.8) is 0 Å². The van der Waals surface area contributed by atoms with Crippen molar-refractivity contribution in [3.05, 3.63) is 24.3 Å². The zero-order chi connectivity index (χ0) is 15.2. The Labute approximate surface area is 119 Å². The summed E-state index contributed by atoms with van der Waals surface area (Å²) in [7, 11) is 1.38. The Morgan fingerprint density at radius 2 is 2.00 bits per heavy atom. The van der Waals surface area contributed by atoms with E-state index >= 15 is 0 Å². The average Bonchev–Trinajstić information content (AvgIpc) is 2.37. The van der Waals surface area contributed by atoms with E-state index in [0.29, 0.717) is 22.4 Å². The Morgan fingerprint density at radius 1 is 1.35 bits per heavy atom. The Bertz CT molecular complexity index is 449. The van der Waals surface area contributed by atoms with Crippen molar-refractivity contribution in [2.75, 3.05) is 13.7 Å². The molecule has 1 rings (SSSR count). The van der Waals surface area contributed by atoms with Gasteiger partial charge in [0.25, 0.3) is 0 Å². The Hall–Kier alpha value is -1.37. The predicted molar refractivity (Wildman–Crippen MR) is 69.9 cm³/mol. The number of hydrogen-bond donors (Lipinski definition) is 0. The first-order valence-corrected chi connectivity index (χ1v) is 6.78. The minimum atomic E-state index is -4.50. The standard InChI is InChI=1S/C13H15F3O3S/c1-3-19-12(17)8-11(13(14,15)16)20-10-7-5-4-6-9(10)18-2/h4-7,11H,3,8H2,1-2H3/t11-/m0/s1. The second-order valence-corrected chi connectivity index (χ2v) is 5.05. The maximum atomic E-state index is 13.0. The molecule has 0 spiro atoms. The Morgan fingerprint density at radius 3 is 2.55 bits per heavy atom. The molecule has 1 atom stereocenters. The molecule has 20 heavy (non-hydrogen) atoms. The highest BCUT2D eigenvalue weighted by Gasteiger charge is 2.42. The zero-order valence-corrected chi connectivity index (χ0v) is 11.9. The van der Waals surface area contributed by atoms with Crippen molar-refractivity contribution >= 4 is 17.7 Å². The summed E-state index contributed by atoms with van der Waals surface area (Å²) in [6.45, 7) is 1.61. The molecule has 0 saturated carbocycles. The van der Waals surface area contributed by atoms with E-state index in [4.69, 9.17) is 4.74 Å². The van der Waals surface area contributed by atoms with Gasteiger partial charge in [-0.1, -0.05) is 12.1 Å². The molecule has 1 aromatic rings. The van der Waals surface area contributed by atoms with Crippen LogP contribution >= 0.6 is 11.8 Å². The number of benzene rings is 1. The van der Waals surface area contributed by atoms with Crippen LogP contribution in [0.5, 0.6) is 5.75 Å². The summed E-state index contributed by atoms with van der Waals surface area (Å²) in [5.74, 6) is -0.521. The zero-order valence-electron chi connectivity index (χ0n) is 11.1. The number of esters is 1. The van der Waals surface area contributed by atoms with Gasteiger partial charge in [-0.05, 0) is 19.1 Å². The van der Waals surface area contributed by atoms with Gasteiger partial charge >= 0.3 is 12.1 Å². The first-order valence-electron chi connectivity index (χ1n) is 5.90. The number of ether oxygens (including phenoxy) is 2. The molecular formula is C13H15F3O3S. The molecule has 0 aliphatic heterocycles. The molecule has 1 aromatic carbocycles. The van der Waals surface area contributed by atoms with Crippen LogP contribution in [0.2, 0.25) is 0 Å². The van der Waals surface area contributed by atoms with Crippen molar-refractivity contribution in [1.82, 2.24) is 0 Å². The van der Waals surface area contributed by atoms with Gasteiger partial charge in [0.2, 0.25) is 0 Å². The molecule has 0 bridgehead atoms. The first-order chi connectivity index (χ1) is 9.38. The van der Waals surface area contributed by atoms with Crippen LogP contribution < -0.4 is 4.74 Å². The number of carbonyl (C=O) groups excluding carboxylic acids is 1. The molecule has 0 amide bonds. The fourth-order valence-corrected chi connectivity index (χ4v) is 2.55. The van der Waals surface area contributed by atoms with Gasteiger partial charge in [-0.15, -0.1) is 11.8 Å². The lowest BCUT2D eigenvalue weighted by molar-refractivity contribution is -0.154. The van der Waals surface area contributed by atoms with Crippen LogP contribution in [-0.4, -0.2) is 31.1 Å². The van der Waals surface area contributed by atoms with Crippen LogP contribution in [0.4, 0.5) is 13.2 Å². The van der Waals surface area contributed by atoms with Gasteiger partial charge in [-0.3, -0.25) is 4.79 Å². The third-order valence-corrected chi connectivity index (χ3v) is 3.67. The van der Waals surface area contributed by atoms with E-state index in [2.05, 4.69) is 4.74 Å². The molecule has 0 aliphatic rings. The Balaban J connectivity index is 2.87. The van der Waals surface area contributed by atoms with Crippen LogP contribution in [0.25, 0.3) is 0 Å². The first kappa shape index (κ1) is 16.7. The third-order valence-electron chi connectivity index (χ3n) is 2.36. The van der Waals surface area contributed by atoms with Gasteiger partial charge in [0.1, 0.15) is 11.0 Å². The van der Waals surface area contributed by atoms with Crippen LogP contribution in [-0.2, 0) is 9.53 Å². The SMILES string of the molecule is CCOC(=O)C[C@H](Sc1ccccc1OC)C(F)(F)F. The van der Waals surface area contributed by atoms with E-state index < -0.39 is 23.8 Å². The second kappa shape index (κ2) is 7.42. The number of rotatable bonds is 6. The summed E-state index contributed by atoms with van der Waals surface area (Å²) in [5, 5.41) is -1.86. The number of halogens is 3. The van der Waals surface area contributed by atoms with E-state index in [1.54, 1.807) is 25.1 Å². The molecule has 3 nitrogen and oxygen atoms in total. The fraction of sp³-hybridized carbons (Fsp3) is 0.462. The molecule has 0 aromatic heterocycles. The average molecular weight is 308 g/mol. The molecule has 7 heteroatoms. The molecule has 0 heterocycles.